The van der Waals surface area contributed by atoms with Gasteiger partial charge in [0.2, 0.25) is 0 Å². The number of hydrogen-bond donors (Lipinski definition) is 1. The third-order valence-electron chi connectivity index (χ3n) is 3.23. The number of nitrogens with zero attached hydrogens (tertiary/aromatic N) is 2. The predicted octanol–water partition coefficient (Wildman–Crippen LogP) is 4.25. The number of aromatic nitrogens is 2. The number of fused-ring (bicyclic) bond motifs is 1. The first-order valence-corrected chi connectivity index (χ1v) is 7.24. The van der Waals surface area contributed by atoms with Gasteiger partial charge >= 0.3 is 0 Å². The number of anilines is 2. The van der Waals surface area contributed by atoms with Crippen LogP contribution in [0.5, 0.6) is 0 Å². The molecule has 0 spiro atoms. The van der Waals surface area contributed by atoms with Gasteiger partial charge in [0, 0.05) is 24.0 Å². The first-order chi connectivity index (χ1) is 9.86. The number of rotatable bonds is 5. The maximum absolute atomic E-state index is 5.75. The standard InChI is InChI=1S/C16H16ClN3/c17-9-3-5-13-4-1-6-14(12-13)19-16-8-2-7-15-18-10-11-20(15)16/h1-2,4,6-8,10-12,19H,3,5,9H2. The van der Waals surface area contributed by atoms with Gasteiger partial charge in [-0.2, -0.15) is 0 Å². The zero-order valence-corrected chi connectivity index (χ0v) is 11.8. The summed E-state index contributed by atoms with van der Waals surface area (Å²) in [4.78, 5) is 4.29. The van der Waals surface area contributed by atoms with Crippen LogP contribution in [-0.2, 0) is 6.42 Å². The van der Waals surface area contributed by atoms with Gasteiger partial charge < -0.3 is 5.32 Å². The molecule has 0 aliphatic rings. The number of aryl methyl sites for hydroxylation is 1. The lowest BCUT2D eigenvalue weighted by atomic mass is 10.1. The molecular formula is C16H16ClN3. The minimum absolute atomic E-state index is 0.700. The van der Waals surface area contributed by atoms with E-state index in [1.165, 1.54) is 5.56 Å². The fourth-order valence-electron chi connectivity index (χ4n) is 2.27. The molecule has 20 heavy (non-hydrogen) atoms. The normalized spacial score (nSPS) is 10.8. The fourth-order valence-corrected chi connectivity index (χ4v) is 2.41. The van der Waals surface area contributed by atoms with Crippen molar-refractivity contribution < 1.29 is 0 Å². The Morgan fingerprint density at radius 2 is 2.05 bits per heavy atom. The highest BCUT2D eigenvalue weighted by Crippen LogP contribution is 2.19. The Morgan fingerprint density at radius 3 is 2.95 bits per heavy atom. The van der Waals surface area contributed by atoms with Gasteiger partial charge in [-0.25, -0.2) is 4.98 Å². The molecule has 0 fully saturated rings. The smallest absolute Gasteiger partial charge is 0.138 e. The lowest BCUT2D eigenvalue weighted by Gasteiger charge is -2.10. The molecule has 3 aromatic rings. The maximum atomic E-state index is 5.75. The molecule has 102 valence electrons. The monoisotopic (exact) mass is 285 g/mol. The zero-order valence-electron chi connectivity index (χ0n) is 11.1. The molecule has 0 bridgehead atoms. The van der Waals surface area contributed by atoms with E-state index < -0.39 is 0 Å². The average molecular weight is 286 g/mol. The van der Waals surface area contributed by atoms with Crippen LogP contribution in [0.15, 0.2) is 54.9 Å². The van der Waals surface area contributed by atoms with Crippen molar-refractivity contribution in [3.63, 3.8) is 0 Å². The van der Waals surface area contributed by atoms with E-state index in [1.807, 2.05) is 28.8 Å². The van der Waals surface area contributed by atoms with E-state index >= 15 is 0 Å². The van der Waals surface area contributed by atoms with E-state index in [4.69, 9.17) is 11.6 Å². The molecule has 2 aromatic heterocycles. The minimum Gasteiger partial charge on any atom is -0.341 e. The van der Waals surface area contributed by atoms with Crippen LogP contribution in [-0.4, -0.2) is 15.3 Å². The van der Waals surface area contributed by atoms with Crippen molar-refractivity contribution in [3.05, 3.63) is 60.4 Å². The number of benzene rings is 1. The molecule has 0 aliphatic carbocycles. The Hall–Kier alpha value is -2.00. The molecule has 0 saturated carbocycles. The Bertz CT molecular complexity index is 706. The van der Waals surface area contributed by atoms with Gasteiger partial charge in [0.05, 0.1) is 0 Å². The summed E-state index contributed by atoms with van der Waals surface area (Å²) >= 11 is 5.75. The molecule has 0 unspecified atom stereocenters. The second-order valence-electron chi connectivity index (χ2n) is 4.68. The molecule has 2 heterocycles. The highest BCUT2D eigenvalue weighted by Gasteiger charge is 2.01. The average Bonchev–Trinajstić information content (AvgIpc) is 2.95. The van der Waals surface area contributed by atoms with Crippen molar-refractivity contribution in [1.82, 2.24) is 9.38 Å². The molecule has 3 nitrogen and oxygen atoms in total. The Morgan fingerprint density at radius 1 is 1.15 bits per heavy atom. The van der Waals surface area contributed by atoms with E-state index in [9.17, 15) is 0 Å². The molecule has 3 rings (SSSR count). The lowest BCUT2D eigenvalue weighted by molar-refractivity contribution is 0.929. The quantitative estimate of drug-likeness (QED) is 0.710. The van der Waals surface area contributed by atoms with Crippen LogP contribution in [0.2, 0.25) is 0 Å². The number of hydrogen-bond acceptors (Lipinski definition) is 2. The van der Waals surface area contributed by atoms with Crippen molar-refractivity contribution in [2.24, 2.45) is 0 Å². The van der Waals surface area contributed by atoms with Crippen LogP contribution < -0.4 is 5.32 Å². The van der Waals surface area contributed by atoms with Crippen LogP contribution in [0.4, 0.5) is 11.5 Å². The zero-order chi connectivity index (χ0) is 13.8. The topological polar surface area (TPSA) is 29.3 Å². The summed E-state index contributed by atoms with van der Waals surface area (Å²) < 4.78 is 2.03. The highest BCUT2D eigenvalue weighted by atomic mass is 35.5. The summed E-state index contributed by atoms with van der Waals surface area (Å²) in [6.45, 7) is 0. The fraction of sp³-hybridized carbons (Fsp3) is 0.188. The van der Waals surface area contributed by atoms with Crippen LogP contribution in [0.25, 0.3) is 5.65 Å². The van der Waals surface area contributed by atoms with Gasteiger partial charge in [-0.1, -0.05) is 18.2 Å². The number of pyridine rings is 1. The van der Waals surface area contributed by atoms with Crippen molar-refractivity contribution in [2.75, 3.05) is 11.2 Å². The second-order valence-corrected chi connectivity index (χ2v) is 5.06. The molecule has 0 radical (unpaired) electrons. The first kappa shape index (κ1) is 13.0. The van der Waals surface area contributed by atoms with Gasteiger partial charge in [-0.05, 0) is 42.7 Å². The number of halogens is 1. The van der Waals surface area contributed by atoms with Crippen LogP contribution >= 0.6 is 11.6 Å². The second kappa shape index (κ2) is 5.97. The van der Waals surface area contributed by atoms with Gasteiger partial charge in [0.1, 0.15) is 11.5 Å². The molecule has 0 amide bonds. The third kappa shape index (κ3) is 2.78. The largest absolute Gasteiger partial charge is 0.341 e. The van der Waals surface area contributed by atoms with E-state index in [-0.39, 0.29) is 0 Å². The molecule has 1 N–H and O–H groups in total. The van der Waals surface area contributed by atoms with Gasteiger partial charge in [0.15, 0.2) is 0 Å². The van der Waals surface area contributed by atoms with Gasteiger partial charge in [-0.3, -0.25) is 4.40 Å². The van der Waals surface area contributed by atoms with Crippen molar-refractivity contribution >= 4 is 28.8 Å². The number of alkyl halides is 1. The van der Waals surface area contributed by atoms with Crippen molar-refractivity contribution in [3.8, 4) is 0 Å². The molecule has 0 saturated heterocycles. The lowest BCUT2D eigenvalue weighted by Crippen LogP contribution is -1.98. The van der Waals surface area contributed by atoms with Crippen LogP contribution in [0.1, 0.15) is 12.0 Å². The Labute approximate surface area is 123 Å². The molecular weight excluding hydrogens is 270 g/mol. The Balaban J connectivity index is 1.85. The van der Waals surface area contributed by atoms with E-state index in [0.717, 1.165) is 30.0 Å². The van der Waals surface area contributed by atoms with Crippen molar-refractivity contribution in [2.45, 2.75) is 12.8 Å². The van der Waals surface area contributed by atoms with E-state index in [0.29, 0.717) is 5.88 Å². The molecule has 4 heteroatoms. The summed E-state index contributed by atoms with van der Waals surface area (Å²) in [6, 6.07) is 14.5. The summed E-state index contributed by atoms with van der Waals surface area (Å²) in [5.74, 6) is 1.71. The highest BCUT2D eigenvalue weighted by molar-refractivity contribution is 6.17. The molecule has 0 aliphatic heterocycles. The van der Waals surface area contributed by atoms with Crippen molar-refractivity contribution in [1.29, 1.82) is 0 Å². The summed E-state index contributed by atoms with van der Waals surface area (Å²) in [5, 5.41) is 3.44. The molecule has 1 aromatic carbocycles. The summed E-state index contributed by atoms with van der Waals surface area (Å²) in [6.07, 6.45) is 5.77. The maximum Gasteiger partial charge on any atom is 0.138 e. The first-order valence-electron chi connectivity index (χ1n) is 6.71. The SMILES string of the molecule is ClCCCc1cccc(Nc2cccc3nccn23)c1. The summed E-state index contributed by atoms with van der Waals surface area (Å²) in [5.41, 5.74) is 3.32. The number of nitrogens with one attached hydrogen (secondary N) is 1. The van der Waals surface area contributed by atoms with Crippen LogP contribution in [0.3, 0.4) is 0 Å². The van der Waals surface area contributed by atoms with E-state index in [1.54, 1.807) is 6.20 Å². The third-order valence-corrected chi connectivity index (χ3v) is 3.49. The van der Waals surface area contributed by atoms with Gasteiger partial charge in [0.25, 0.3) is 0 Å². The minimum atomic E-state index is 0.700. The predicted molar refractivity (Wildman–Crippen MR) is 84.0 cm³/mol. The number of imidazole rings is 1. The van der Waals surface area contributed by atoms with E-state index in [2.05, 4.69) is 34.6 Å². The Kier molecular flexibility index (Phi) is 3.88. The van der Waals surface area contributed by atoms with Crippen LogP contribution in [0, 0.1) is 0 Å². The summed E-state index contributed by atoms with van der Waals surface area (Å²) in [7, 11) is 0. The van der Waals surface area contributed by atoms with Gasteiger partial charge in [-0.15, -0.1) is 11.6 Å². The molecule has 0 atom stereocenters.